The molecular formula is C21H33ClN2OTi. The van der Waals surface area contributed by atoms with Crippen LogP contribution in [0.2, 0.25) is 0 Å². The Morgan fingerprint density at radius 2 is 1.54 bits per heavy atom. The largest absolute Gasteiger partial charge is 0.323 e. The first-order chi connectivity index (χ1) is 11.6. The summed E-state index contributed by atoms with van der Waals surface area (Å²) in [6.45, 7) is 12.7. The molecule has 144 valence electrons. The van der Waals surface area contributed by atoms with E-state index in [4.69, 9.17) is 0 Å². The van der Waals surface area contributed by atoms with Crippen LogP contribution in [0.15, 0.2) is 45.4 Å². The van der Waals surface area contributed by atoms with Gasteiger partial charge in [0.25, 0.3) is 0 Å². The average molecular weight is 413 g/mol. The molecule has 2 N–H and O–H groups in total. The first-order valence-electron chi connectivity index (χ1n) is 9.02. The molecular weight excluding hydrogens is 380 g/mol. The van der Waals surface area contributed by atoms with Crippen LogP contribution in [0.1, 0.15) is 41.5 Å². The van der Waals surface area contributed by atoms with Gasteiger partial charge in [0.2, 0.25) is 0 Å². The fourth-order valence-electron chi connectivity index (χ4n) is 3.66. The van der Waals surface area contributed by atoms with Crippen LogP contribution < -0.4 is 16.9 Å². The maximum Gasteiger partial charge on any atom is -0.0167 e. The molecule has 0 saturated heterocycles. The molecule has 1 atom stereocenters. The van der Waals surface area contributed by atoms with Gasteiger partial charge in [0, 0.05) is 0 Å². The van der Waals surface area contributed by atoms with E-state index >= 15 is 0 Å². The van der Waals surface area contributed by atoms with E-state index in [1.807, 2.05) is 34.9 Å². The quantitative estimate of drug-likeness (QED) is 0.732. The third kappa shape index (κ3) is 4.01. The number of hydrogen-bond acceptors (Lipinski definition) is 2. The minimum atomic E-state index is -2.79. The molecule has 0 radical (unpaired) electrons. The molecule has 3 nitrogen and oxygen atoms in total. The molecule has 0 aromatic heterocycles. The Morgan fingerprint density at radius 3 is 1.88 bits per heavy atom. The minimum Gasteiger partial charge on any atom is -0.323 e. The van der Waals surface area contributed by atoms with Crippen LogP contribution in [-0.2, 0) is 21.6 Å². The molecule has 1 aromatic carbocycles. The zero-order chi connectivity index (χ0) is 19.0. The first-order valence-corrected chi connectivity index (χ1v) is 12.1. The van der Waals surface area contributed by atoms with Crippen molar-refractivity contribution in [2.24, 2.45) is 11.3 Å². The second-order valence-corrected chi connectivity index (χ2v) is 13.4. The maximum atomic E-state index is 12.7. The van der Waals surface area contributed by atoms with Gasteiger partial charge >= 0.3 is 137 Å². The first kappa shape index (κ1) is 23.2. The van der Waals surface area contributed by atoms with Crippen molar-refractivity contribution in [1.82, 2.24) is 9.12 Å². The van der Waals surface area contributed by atoms with Crippen LogP contribution >= 0.6 is 12.4 Å². The Hall–Kier alpha value is -0.866. The number of carbonyl (C=O) groups excluding carboxylic acids is 1. The van der Waals surface area contributed by atoms with Crippen molar-refractivity contribution in [3.05, 3.63) is 45.4 Å². The van der Waals surface area contributed by atoms with Crippen LogP contribution in [0.5, 0.6) is 0 Å². The summed E-state index contributed by atoms with van der Waals surface area (Å²) < 4.78 is 7.95. The number of rotatable bonds is 2. The average Bonchev–Trinajstić information content (AvgIpc) is 3.06. The van der Waals surface area contributed by atoms with Crippen LogP contribution in [0.4, 0.5) is 0 Å². The summed E-state index contributed by atoms with van der Waals surface area (Å²) in [5.74, 6) is 0.619. The zero-order valence-electron chi connectivity index (χ0n) is 17.3. The van der Waals surface area contributed by atoms with Gasteiger partial charge in [-0.2, -0.15) is 0 Å². The molecule has 26 heavy (non-hydrogen) atoms. The molecule has 0 fully saturated rings. The number of benzene rings is 1. The predicted octanol–water partition coefficient (Wildman–Crippen LogP) is 3.31. The predicted molar refractivity (Wildman–Crippen MR) is 111 cm³/mol. The summed E-state index contributed by atoms with van der Waals surface area (Å²) in [5.41, 5.74) is 2.42. The van der Waals surface area contributed by atoms with Crippen molar-refractivity contribution in [2.75, 3.05) is 14.1 Å². The second kappa shape index (κ2) is 8.43. The van der Waals surface area contributed by atoms with Gasteiger partial charge in [-0.1, -0.05) is 0 Å². The van der Waals surface area contributed by atoms with Crippen molar-refractivity contribution >= 4 is 26.1 Å². The van der Waals surface area contributed by atoms with E-state index < -0.39 is 16.8 Å². The fourth-order valence-corrected chi connectivity index (χ4v) is 11.8. The summed E-state index contributed by atoms with van der Waals surface area (Å²) in [4.78, 5) is 12.7. The Kier molecular flexibility index (Phi) is 7.52. The van der Waals surface area contributed by atoms with E-state index in [9.17, 15) is 4.79 Å². The van der Waals surface area contributed by atoms with Crippen LogP contribution in [-0.4, -0.2) is 20.0 Å². The molecule has 0 saturated carbocycles. The molecule has 1 aromatic rings. The van der Waals surface area contributed by atoms with Crippen molar-refractivity contribution in [2.45, 2.75) is 41.5 Å². The van der Waals surface area contributed by atoms with E-state index in [2.05, 4.69) is 60.2 Å². The molecule has 0 bridgehead atoms. The topological polar surface area (TPSA) is 41.1 Å². The number of fused-ring (bicyclic) bond motifs is 1. The van der Waals surface area contributed by atoms with E-state index in [0.717, 1.165) is 0 Å². The summed E-state index contributed by atoms with van der Waals surface area (Å²) >= 11 is -2.79. The third-order valence-electron chi connectivity index (χ3n) is 5.01. The molecule has 1 heterocycles. The minimum absolute atomic E-state index is 0. The number of halogens is 1. The van der Waals surface area contributed by atoms with E-state index in [1.54, 1.807) is 0 Å². The number of nitrogens with one attached hydrogen (secondary N) is 2. The molecule has 1 amide bonds. The van der Waals surface area contributed by atoms with Crippen molar-refractivity contribution in [3.8, 4) is 0 Å². The van der Waals surface area contributed by atoms with Gasteiger partial charge in [-0.05, 0) is 14.1 Å². The van der Waals surface area contributed by atoms with Gasteiger partial charge in [0.15, 0.2) is 0 Å². The molecule has 2 aliphatic rings. The van der Waals surface area contributed by atoms with Crippen LogP contribution in [0.3, 0.4) is 0 Å². The van der Waals surface area contributed by atoms with Gasteiger partial charge in [0.1, 0.15) is 0 Å². The van der Waals surface area contributed by atoms with Crippen molar-refractivity contribution in [1.29, 1.82) is 0 Å². The Morgan fingerprint density at radius 1 is 1.08 bits per heavy atom. The van der Waals surface area contributed by atoms with Gasteiger partial charge in [-0.3, -0.25) is 0 Å². The number of allylic oxidation sites excluding steroid dienone is 4. The smallest absolute Gasteiger partial charge is 0.0167 e. The Labute approximate surface area is 168 Å². The third-order valence-corrected chi connectivity index (χ3v) is 12.0. The van der Waals surface area contributed by atoms with Gasteiger partial charge in [-0.25, -0.2) is 0 Å². The Balaban J connectivity index is 0.000000791. The van der Waals surface area contributed by atoms with Crippen molar-refractivity contribution in [3.63, 3.8) is 0 Å². The van der Waals surface area contributed by atoms with Crippen LogP contribution in [0.25, 0.3) is 0 Å². The molecule has 1 aliphatic carbocycles. The number of carbonyl (C=O) groups is 1. The van der Waals surface area contributed by atoms with E-state index in [0.29, 0.717) is 5.92 Å². The molecule has 0 spiro atoms. The van der Waals surface area contributed by atoms with E-state index in [1.165, 1.54) is 22.8 Å². The zero-order valence-corrected chi connectivity index (χ0v) is 19.7. The van der Waals surface area contributed by atoms with Gasteiger partial charge in [-0.15, -0.1) is 12.4 Å². The monoisotopic (exact) mass is 412 g/mol. The Bertz CT molecular complexity index is 724. The van der Waals surface area contributed by atoms with E-state index in [-0.39, 0.29) is 23.7 Å². The fraction of sp³-hybridized carbons (Fsp3) is 0.476. The summed E-state index contributed by atoms with van der Waals surface area (Å²) in [6.07, 6.45) is 2.35. The number of amides is 1. The SMILES string of the molecule is CC1=CC(C)[C]([Ti]2([NH]C(=O)C(C)(C)C)[c]3cccc[c]32)=C1C.CNC.Cl. The normalized spacial score (nSPS) is 19.5. The second-order valence-electron chi connectivity index (χ2n) is 8.18. The van der Waals surface area contributed by atoms with Crippen molar-refractivity contribution < 1.29 is 21.6 Å². The van der Waals surface area contributed by atoms with Gasteiger partial charge in [0.05, 0.1) is 0 Å². The maximum absolute atomic E-state index is 12.7. The summed E-state index contributed by atoms with van der Waals surface area (Å²) in [5, 5.41) is 2.75. The number of hydrogen-bond donors (Lipinski definition) is 2. The summed E-state index contributed by atoms with van der Waals surface area (Å²) in [6, 6.07) is 8.65. The molecule has 5 heteroatoms. The molecule has 1 aliphatic heterocycles. The standard InChI is InChI=1S/C8H11.C6H4.C5H11NO.C2H7N.ClH.Ti/c1-6-4-7(2)8(3)5-6;1-2-4-6-5-3-1;1-5(2,3)4(6)7;1-3-2;;/h4,6H,1-3H3;1-4H;1-3H3,(H2,6,7);3H,1-2H3;1H;/q;;;;;+1/p-1. The molecule has 1 unspecified atom stereocenters. The van der Waals surface area contributed by atoms with Gasteiger partial charge < -0.3 is 5.32 Å². The summed E-state index contributed by atoms with van der Waals surface area (Å²) in [7, 11) is 3.75. The molecule has 3 rings (SSSR count). The van der Waals surface area contributed by atoms with Crippen LogP contribution in [0, 0.1) is 11.3 Å².